The Balaban J connectivity index is 1.30. The third kappa shape index (κ3) is 4.29. The van der Waals surface area contributed by atoms with Crippen LogP contribution in [0.1, 0.15) is 37.1 Å². The van der Waals surface area contributed by atoms with Gasteiger partial charge in [-0.2, -0.15) is 5.10 Å². The Hall–Kier alpha value is -3.23. The van der Waals surface area contributed by atoms with Crippen LogP contribution in [-0.2, 0) is 4.74 Å². The summed E-state index contributed by atoms with van der Waals surface area (Å²) in [6, 6.07) is 4.87. The number of likely N-dealkylation sites (tertiary alicyclic amines) is 1. The molecule has 2 aliphatic rings. The molecule has 0 saturated carbocycles. The minimum Gasteiger partial charge on any atom is -0.378 e. The first kappa shape index (κ1) is 23.2. The summed E-state index contributed by atoms with van der Waals surface area (Å²) < 4.78 is 7.70. The maximum atomic E-state index is 5.54. The molecule has 1 N–H and O–H groups in total. The summed E-state index contributed by atoms with van der Waals surface area (Å²) in [6.45, 7) is 13.3. The first-order chi connectivity index (χ1) is 17.6. The molecule has 0 atom stereocenters. The van der Waals surface area contributed by atoms with Gasteiger partial charge in [-0.3, -0.25) is 9.67 Å². The monoisotopic (exact) mass is 485 g/mol. The van der Waals surface area contributed by atoms with Gasteiger partial charge in [0.05, 0.1) is 42.5 Å². The van der Waals surface area contributed by atoms with E-state index in [9.17, 15) is 0 Å². The van der Waals surface area contributed by atoms with Gasteiger partial charge in [-0.15, -0.1) is 0 Å². The maximum Gasteiger partial charge on any atom is 0.137 e. The summed E-state index contributed by atoms with van der Waals surface area (Å²) in [5.41, 5.74) is 8.66. The van der Waals surface area contributed by atoms with Gasteiger partial charge in [0.15, 0.2) is 0 Å². The van der Waals surface area contributed by atoms with Crippen molar-refractivity contribution in [2.45, 2.75) is 39.7 Å². The van der Waals surface area contributed by atoms with Gasteiger partial charge in [0.1, 0.15) is 5.65 Å². The molecule has 0 aliphatic carbocycles. The zero-order chi connectivity index (χ0) is 24.6. The Morgan fingerprint density at radius 1 is 1.03 bits per heavy atom. The van der Waals surface area contributed by atoms with Crippen LogP contribution in [0.3, 0.4) is 0 Å². The molecule has 4 aromatic rings. The van der Waals surface area contributed by atoms with Crippen molar-refractivity contribution in [2.24, 2.45) is 0 Å². The summed E-state index contributed by atoms with van der Waals surface area (Å²) in [4.78, 5) is 18.0. The van der Waals surface area contributed by atoms with Crippen molar-refractivity contribution in [3.63, 3.8) is 0 Å². The Labute approximate surface area is 212 Å². The first-order valence-electron chi connectivity index (χ1n) is 13.2. The zero-order valence-corrected chi connectivity index (χ0v) is 21.5. The van der Waals surface area contributed by atoms with Crippen LogP contribution in [0.15, 0.2) is 36.9 Å². The van der Waals surface area contributed by atoms with Crippen molar-refractivity contribution in [3.05, 3.63) is 48.2 Å². The number of pyridine rings is 2. The molecule has 8 nitrogen and oxygen atoms in total. The fraction of sp³-hybridized carbons (Fsp3) is 0.464. The molecule has 36 heavy (non-hydrogen) atoms. The minimum absolute atomic E-state index is 0.473. The van der Waals surface area contributed by atoms with Crippen LogP contribution in [0.5, 0.6) is 0 Å². The minimum atomic E-state index is 0.473. The number of nitrogens with zero attached hydrogens (tertiary/aromatic N) is 6. The predicted octanol–water partition coefficient (Wildman–Crippen LogP) is 4.60. The van der Waals surface area contributed by atoms with E-state index >= 15 is 0 Å². The van der Waals surface area contributed by atoms with Crippen molar-refractivity contribution < 1.29 is 4.74 Å². The van der Waals surface area contributed by atoms with Crippen molar-refractivity contribution >= 4 is 16.7 Å². The highest BCUT2D eigenvalue weighted by Gasteiger charge is 2.21. The van der Waals surface area contributed by atoms with Gasteiger partial charge in [-0.05, 0) is 50.9 Å². The number of piperidine rings is 1. The number of fused-ring (bicyclic) bond motifs is 1. The third-order valence-corrected chi connectivity index (χ3v) is 7.80. The van der Waals surface area contributed by atoms with Gasteiger partial charge in [-0.25, -0.2) is 4.98 Å². The van der Waals surface area contributed by atoms with E-state index in [4.69, 9.17) is 19.8 Å². The molecule has 0 radical (unpaired) electrons. The average Bonchev–Trinajstić information content (AvgIpc) is 3.56. The molecule has 188 valence electrons. The Bertz CT molecular complexity index is 1340. The van der Waals surface area contributed by atoms with Crippen LogP contribution in [0, 0.1) is 13.8 Å². The van der Waals surface area contributed by atoms with E-state index in [0.29, 0.717) is 6.04 Å². The lowest BCUT2D eigenvalue weighted by Crippen LogP contribution is -2.37. The molecular weight excluding hydrogens is 450 g/mol. The van der Waals surface area contributed by atoms with Gasteiger partial charge >= 0.3 is 0 Å². The van der Waals surface area contributed by atoms with Crippen LogP contribution in [0.25, 0.3) is 33.4 Å². The molecule has 0 bridgehead atoms. The van der Waals surface area contributed by atoms with Gasteiger partial charge in [0, 0.05) is 66.8 Å². The molecule has 2 saturated heterocycles. The molecule has 0 spiro atoms. The van der Waals surface area contributed by atoms with Crippen LogP contribution in [0.2, 0.25) is 0 Å². The number of aromatic amines is 1. The highest BCUT2D eigenvalue weighted by molar-refractivity contribution is 5.95. The van der Waals surface area contributed by atoms with E-state index in [1.54, 1.807) is 0 Å². The SMILES string of the molecule is CCN1CCC(n2cc(-c3c[nH]c4ncc(-c5cc(C)c(N6CCOCC6)c(C)n5)cc34)cn2)CC1. The van der Waals surface area contributed by atoms with Gasteiger partial charge < -0.3 is 19.5 Å². The number of anilines is 1. The van der Waals surface area contributed by atoms with Crippen molar-refractivity contribution in [2.75, 3.05) is 50.8 Å². The highest BCUT2D eigenvalue weighted by Crippen LogP contribution is 2.34. The third-order valence-electron chi connectivity index (χ3n) is 7.80. The van der Waals surface area contributed by atoms with E-state index in [1.165, 1.54) is 11.3 Å². The normalized spacial score (nSPS) is 17.8. The summed E-state index contributed by atoms with van der Waals surface area (Å²) in [6.07, 6.45) is 10.5. The summed E-state index contributed by atoms with van der Waals surface area (Å²) in [5.74, 6) is 0. The van der Waals surface area contributed by atoms with Crippen LogP contribution < -0.4 is 4.90 Å². The smallest absolute Gasteiger partial charge is 0.137 e. The van der Waals surface area contributed by atoms with Gasteiger partial charge in [0.25, 0.3) is 0 Å². The lowest BCUT2D eigenvalue weighted by molar-refractivity contribution is 0.122. The molecule has 2 fully saturated rings. The van der Waals surface area contributed by atoms with E-state index in [0.717, 1.165) is 97.9 Å². The van der Waals surface area contributed by atoms with E-state index in [1.807, 2.05) is 18.6 Å². The molecule has 6 heterocycles. The first-order valence-corrected chi connectivity index (χ1v) is 13.2. The number of rotatable bonds is 5. The summed E-state index contributed by atoms with van der Waals surface area (Å²) in [7, 11) is 0. The Morgan fingerprint density at radius 3 is 2.58 bits per heavy atom. The molecule has 6 rings (SSSR count). The fourth-order valence-corrected chi connectivity index (χ4v) is 5.80. The Morgan fingerprint density at radius 2 is 1.83 bits per heavy atom. The summed E-state index contributed by atoms with van der Waals surface area (Å²) >= 11 is 0. The van der Waals surface area contributed by atoms with E-state index < -0.39 is 0 Å². The quantitative estimate of drug-likeness (QED) is 0.445. The summed E-state index contributed by atoms with van der Waals surface area (Å²) in [5, 5.41) is 5.85. The number of morpholine rings is 1. The fourth-order valence-electron chi connectivity index (χ4n) is 5.80. The number of aryl methyl sites for hydroxylation is 2. The van der Waals surface area contributed by atoms with Crippen LogP contribution in [-0.4, -0.2) is 75.6 Å². The zero-order valence-electron chi connectivity index (χ0n) is 21.5. The molecule has 2 aliphatic heterocycles. The van der Waals surface area contributed by atoms with Crippen molar-refractivity contribution in [3.8, 4) is 22.4 Å². The number of hydrogen-bond donors (Lipinski definition) is 1. The number of H-pyrrole nitrogens is 1. The standard InChI is InChI=1S/C28H35N7O/c1-4-33-7-5-23(6-8-33)35-18-22(16-31-35)25-17-30-28-24(25)14-21(15-29-28)26-13-19(2)27(20(3)32-26)34-9-11-36-12-10-34/h13-18,23H,4-12H2,1-3H3,(H,29,30). The average molecular weight is 486 g/mol. The molecule has 0 aromatic carbocycles. The largest absolute Gasteiger partial charge is 0.378 e. The van der Waals surface area contributed by atoms with Gasteiger partial charge in [0.2, 0.25) is 0 Å². The van der Waals surface area contributed by atoms with Gasteiger partial charge in [-0.1, -0.05) is 6.92 Å². The molecular formula is C28H35N7O. The Kier molecular flexibility index (Phi) is 6.23. The number of ether oxygens (including phenoxy) is 1. The second kappa shape index (κ2) is 9.67. The van der Waals surface area contributed by atoms with E-state index in [2.05, 4.69) is 58.6 Å². The molecule has 0 amide bonds. The van der Waals surface area contributed by atoms with Crippen molar-refractivity contribution in [1.82, 2.24) is 29.6 Å². The topological polar surface area (TPSA) is 75.1 Å². The van der Waals surface area contributed by atoms with E-state index in [-0.39, 0.29) is 0 Å². The lowest BCUT2D eigenvalue weighted by Gasteiger charge is -2.31. The number of nitrogens with one attached hydrogen (secondary N) is 1. The maximum absolute atomic E-state index is 5.54. The predicted molar refractivity (Wildman–Crippen MR) is 143 cm³/mol. The number of aromatic nitrogens is 5. The number of hydrogen-bond acceptors (Lipinski definition) is 6. The molecule has 0 unspecified atom stereocenters. The van der Waals surface area contributed by atoms with Crippen LogP contribution >= 0.6 is 0 Å². The molecule has 4 aromatic heterocycles. The second-order valence-corrected chi connectivity index (χ2v) is 10.1. The van der Waals surface area contributed by atoms with Crippen LogP contribution in [0.4, 0.5) is 5.69 Å². The lowest BCUT2D eigenvalue weighted by atomic mass is 10.0. The second-order valence-electron chi connectivity index (χ2n) is 10.1. The molecule has 8 heteroatoms. The highest BCUT2D eigenvalue weighted by atomic mass is 16.5. The van der Waals surface area contributed by atoms with Crippen molar-refractivity contribution in [1.29, 1.82) is 0 Å².